The highest BCUT2D eigenvalue weighted by Gasteiger charge is 2.27. The number of thiophene rings is 1. The molecule has 45 heavy (non-hydrogen) atoms. The third-order valence-electron chi connectivity index (χ3n) is 8.24. The molecule has 6 rings (SSSR count). The third kappa shape index (κ3) is 7.27. The van der Waals surface area contributed by atoms with Gasteiger partial charge < -0.3 is 25.0 Å². The summed E-state index contributed by atoms with van der Waals surface area (Å²) in [4.78, 5) is 26.1. The Kier molecular flexibility index (Phi) is 10.2. The van der Waals surface area contributed by atoms with E-state index in [0.29, 0.717) is 43.2 Å². The third-order valence-corrected chi connectivity index (χ3v) is 9.39. The van der Waals surface area contributed by atoms with Crippen LogP contribution in [0.25, 0.3) is 32.6 Å². The molecule has 0 aliphatic carbocycles. The number of amides is 2. The fourth-order valence-corrected chi connectivity index (χ4v) is 6.97. The first-order valence-electron chi connectivity index (χ1n) is 15.2. The van der Waals surface area contributed by atoms with Gasteiger partial charge in [0.1, 0.15) is 35.4 Å². The number of carbonyl (C=O) groups excluding carboxylic acids is 2. The number of rotatable bonds is 11. The number of halogens is 2. The Morgan fingerprint density at radius 1 is 1.09 bits per heavy atom. The van der Waals surface area contributed by atoms with E-state index in [1.165, 1.54) is 23.3 Å². The first-order chi connectivity index (χ1) is 22.0. The Balaban J connectivity index is 1.05. The Hall–Kier alpha value is -3.64. The number of hydrogen-bond donors (Lipinski definition) is 2. The number of likely N-dealkylation sites (tertiary alicyclic amines) is 1. The summed E-state index contributed by atoms with van der Waals surface area (Å²) in [7, 11) is 0. The molecule has 0 bridgehead atoms. The van der Waals surface area contributed by atoms with Gasteiger partial charge in [0.05, 0.1) is 23.8 Å². The molecular formula is C33H35ClFN5O4S. The number of ether oxygens (including phenoxy) is 2. The molecule has 2 aliphatic rings. The molecule has 4 aromatic rings. The minimum atomic E-state index is -0.415. The minimum absolute atomic E-state index is 0.0760. The second kappa shape index (κ2) is 14.6. The molecule has 0 spiro atoms. The maximum atomic E-state index is 14.3. The summed E-state index contributed by atoms with van der Waals surface area (Å²) in [6, 6.07) is 12.9. The van der Waals surface area contributed by atoms with Gasteiger partial charge in [-0.05, 0) is 66.6 Å². The van der Waals surface area contributed by atoms with Crippen LogP contribution < -0.4 is 15.4 Å². The minimum Gasteiger partial charge on any atom is -0.490 e. The van der Waals surface area contributed by atoms with Gasteiger partial charge in [-0.25, -0.2) is 4.39 Å². The standard InChI is InChI=1S/C33H35ClFN5O4S/c34-18-29(41)40-11-1-2-24(20-40)33(42)37-10-12-43-13-14-44-28-17-25(35)5-6-26(28)31-32-27(8-15-45-32)30(38-39-31)22-3-4-23-19-36-9-7-21(23)16-22/h3-6,8,15-17,24,36H,1-2,7,9-14,18-20H2,(H,37,42). The number of nitrogens with zero attached hydrogens (tertiary/aromatic N) is 3. The van der Waals surface area contributed by atoms with Crippen LogP contribution in [0.15, 0.2) is 47.8 Å². The lowest BCUT2D eigenvalue weighted by Crippen LogP contribution is -2.46. The van der Waals surface area contributed by atoms with Crippen molar-refractivity contribution in [2.45, 2.75) is 25.8 Å². The predicted octanol–water partition coefficient (Wildman–Crippen LogP) is 4.80. The molecule has 2 N–H and O–H groups in total. The van der Waals surface area contributed by atoms with Crippen LogP contribution in [0.5, 0.6) is 5.75 Å². The van der Waals surface area contributed by atoms with Crippen LogP contribution in [0.4, 0.5) is 4.39 Å². The van der Waals surface area contributed by atoms with Crippen LogP contribution in [0, 0.1) is 11.7 Å². The normalized spacial score (nSPS) is 16.4. The van der Waals surface area contributed by atoms with Gasteiger partial charge in [-0.1, -0.05) is 12.1 Å². The monoisotopic (exact) mass is 651 g/mol. The van der Waals surface area contributed by atoms with E-state index in [-0.39, 0.29) is 36.8 Å². The zero-order valence-electron chi connectivity index (χ0n) is 24.8. The highest BCUT2D eigenvalue weighted by atomic mass is 35.5. The van der Waals surface area contributed by atoms with Crippen molar-refractivity contribution in [2.24, 2.45) is 5.92 Å². The van der Waals surface area contributed by atoms with Crippen molar-refractivity contribution in [3.8, 4) is 28.3 Å². The Bertz CT molecular complexity index is 1680. The van der Waals surface area contributed by atoms with E-state index in [4.69, 9.17) is 21.1 Å². The first kappa shape index (κ1) is 31.3. The molecule has 4 heterocycles. The van der Waals surface area contributed by atoms with Crippen LogP contribution in [-0.4, -0.2) is 78.8 Å². The van der Waals surface area contributed by atoms with Crippen molar-refractivity contribution in [3.63, 3.8) is 0 Å². The van der Waals surface area contributed by atoms with Crippen LogP contribution in [0.3, 0.4) is 0 Å². The summed E-state index contributed by atoms with van der Waals surface area (Å²) >= 11 is 7.23. The molecule has 1 saturated heterocycles. The number of carbonyl (C=O) groups is 2. The van der Waals surface area contributed by atoms with Gasteiger partial charge in [0.25, 0.3) is 0 Å². The van der Waals surface area contributed by atoms with Gasteiger partial charge in [0.2, 0.25) is 11.8 Å². The molecule has 2 aromatic carbocycles. The molecule has 0 radical (unpaired) electrons. The second-order valence-corrected chi connectivity index (χ2v) is 12.4. The van der Waals surface area contributed by atoms with Crippen molar-refractivity contribution in [1.29, 1.82) is 0 Å². The van der Waals surface area contributed by atoms with Crippen LogP contribution in [-0.2, 0) is 27.3 Å². The summed E-state index contributed by atoms with van der Waals surface area (Å²) in [5.41, 5.74) is 5.79. The predicted molar refractivity (Wildman–Crippen MR) is 173 cm³/mol. The summed E-state index contributed by atoms with van der Waals surface area (Å²) in [6.07, 6.45) is 2.49. The summed E-state index contributed by atoms with van der Waals surface area (Å²) < 4.78 is 26.9. The van der Waals surface area contributed by atoms with Gasteiger partial charge in [-0.2, -0.15) is 0 Å². The molecule has 1 fully saturated rings. The largest absolute Gasteiger partial charge is 0.490 e. The number of aromatic nitrogens is 2. The quantitative estimate of drug-likeness (QED) is 0.177. The highest BCUT2D eigenvalue weighted by Crippen LogP contribution is 2.39. The van der Waals surface area contributed by atoms with Crippen molar-refractivity contribution < 1.29 is 23.5 Å². The van der Waals surface area contributed by atoms with Gasteiger partial charge >= 0.3 is 0 Å². The van der Waals surface area contributed by atoms with Crippen LogP contribution in [0.2, 0.25) is 0 Å². The molecule has 2 amide bonds. The number of hydrogen-bond acceptors (Lipinski definition) is 8. The lowest BCUT2D eigenvalue weighted by molar-refractivity contribution is -0.133. The summed E-state index contributed by atoms with van der Waals surface area (Å²) in [5.74, 6) is -0.621. The van der Waals surface area contributed by atoms with Crippen molar-refractivity contribution >= 4 is 44.8 Å². The van der Waals surface area contributed by atoms with Gasteiger partial charge in [-0.15, -0.1) is 33.1 Å². The zero-order chi connectivity index (χ0) is 31.2. The van der Waals surface area contributed by atoms with Crippen molar-refractivity contribution in [1.82, 2.24) is 25.7 Å². The molecule has 2 aliphatic heterocycles. The lowest BCUT2D eigenvalue weighted by Gasteiger charge is -2.31. The summed E-state index contributed by atoms with van der Waals surface area (Å²) in [5, 5.41) is 18.6. The topological polar surface area (TPSA) is 106 Å². The van der Waals surface area contributed by atoms with E-state index in [1.54, 1.807) is 22.3 Å². The summed E-state index contributed by atoms with van der Waals surface area (Å²) in [6.45, 7) is 3.93. The van der Waals surface area contributed by atoms with E-state index in [1.807, 2.05) is 5.38 Å². The molecular weight excluding hydrogens is 617 g/mol. The van der Waals surface area contributed by atoms with Gasteiger partial charge in [-0.3, -0.25) is 9.59 Å². The highest BCUT2D eigenvalue weighted by molar-refractivity contribution is 7.17. The number of nitrogens with one attached hydrogen (secondary N) is 2. The maximum absolute atomic E-state index is 14.3. The van der Waals surface area contributed by atoms with Gasteiger partial charge in [0, 0.05) is 48.8 Å². The fourth-order valence-electron chi connectivity index (χ4n) is 5.91. The first-order valence-corrected chi connectivity index (χ1v) is 16.6. The Labute approximate surface area is 270 Å². The smallest absolute Gasteiger partial charge is 0.237 e. The van der Waals surface area contributed by atoms with E-state index >= 15 is 0 Å². The average molecular weight is 652 g/mol. The fraction of sp³-hybridized carbons (Fsp3) is 0.394. The molecule has 1 unspecified atom stereocenters. The SMILES string of the molecule is O=C(NCCOCCOc1cc(F)ccc1-c1nnc(-c2ccc3c(c2)CCNC3)c2ccsc12)C1CCCN(C(=O)CCl)C1. The van der Waals surface area contributed by atoms with Crippen LogP contribution in [0.1, 0.15) is 24.0 Å². The molecule has 236 valence electrons. The van der Waals surface area contributed by atoms with E-state index in [2.05, 4.69) is 45.1 Å². The van der Waals surface area contributed by atoms with E-state index in [9.17, 15) is 14.0 Å². The van der Waals surface area contributed by atoms with Crippen molar-refractivity contribution in [3.05, 3.63) is 64.8 Å². The van der Waals surface area contributed by atoms with Gasteiger partial charge in [0.15, 0.2) is 0 Å². The molecule has 12 heteroatoms. The van der Waals surface area contributed by atoms with E-state index in [0.717, 1.165) is 53.7 Å². The molecule has 2 aromatic heterocycles. The number of benzene rings is 2. The number of alkyl halides is 1. The number of fused-ring (bicyclic) bond motifs is 2. The Morgan fingerprint density at radius 2 is 1.98 bits per heavy atom. The number of piperidine rings is 1. The zero-order valence-corrected chi connectivity index (χ0v) is 26.4. The van der Waals surface area contributed by atoms with Crippen molar-refractivity contribution in [2.75, 3.05) is 51.9 Å². The average Bonchev–Trinajstić information content (AvgIpc) is 3.57. The van der Waals surface area contributed by atoms with E-state index < -0.39 is 5.82 Å². The molecule has 9 nitrogen and oxygen atoms in total. The second-order valence-electron chi connectivity index (χ2n) is 11.2. The lowest BCUT2D eigenvalue weighted by atomic mass is 9.96. The molecule has 1 atom stereocenters. The Morgan fingerprint density at radius 3 is 2.87 bits per heavy atom. The maximum Gasteiger partial charge on any atom is 0.237 e. The molecule has 0 saturated carbocycles. The van der Waals surface area contributed by atoms with Crippen LogP contribution >= 0.6 is 22.9 Å².